The van der Waals surface area contributed by atoms with Crippen molar-refractivity contribution in [2.75, 3.05) is 16.9 Å². The van der Waals surface area contributed by atoms with E-state index in [1.165, 1.54) is 9.77 Å². The third-order valence-corrected chi connectivity index (χ3v) is 7.48. The summed E-state index contributed by atoms with van der Waals surface area (Å²) in [4.78, 5) is 15.9. The van der Waals surface area contributed by atoms with E-state index in [1.807, 2.05) is 12.1 Å². The number of nitrogens with one attached hydrogen (secondary N) is 2. The Morgan fingerprint density at radius 1 is 0.966 bits per heavy atom. The van der Waals surface area contributed by atoms with Crippen LogP contribution in [0.25, 0.3) is 0 Å². The van der Waals surface area contributed by atoms with Gasteiger partial charge in [-0.1, -0.05) is 30.3 Å². The molecule has 2 atom stereocenters. The van der Waals surface area contributed by atoms with E-state index in [1.54, 1.807) is 23.1 Å². The van der Waals surface area contributed by atoms with Crippen molar-refractivity contribution < 1.29 is 4.79 Å². The van der Waals surface area contributed by atoms with Crippen LogP contribution in [0.5, 0.6) is 0 Å². The summed E-state index contributed by atoms with van der Waals surface area (Å²) in [5.74, 6) is 0.481. The number of benzene rings is 2. The summed E-state index contributed by atoms with van der Waals surface area (Å²) in [7, 11) is 0. The highest BCUT2D eigenvalue weighted by Gasteiger charge is 2.36. The van der Waals surface area contributed by atoms with Gasteiger partial charge in [-0.25, -0.2) is 0 Å². The highest BCUT2D eigenvalue weighted by molar-refractivity contribution is 7.98. The zero-order valence-corrected chi connectivity index (χ0v) is 17.8. The molecular formula is C24H22N2OS2. The molecule has 5 heteroatoms. The number of carbonyl (C=O) groups is 1. The molecule has 2 aromatic carbocycles. The van der Waals surface area contributed by atoms with Gasteiger partial charge in [0.25, 0.3) is 0 Å². The number of ketones is 1. The third-order valence-electron chi connectivity index (χ3n) is 5.70. The molecule has 0 fully saturated rings. The Kier molecular flexibility index (Phi) is 4.94. The molecule has 0 spiro atoms. The van der Waals surface area contributed by atoms with E-state index in [9.17, 15) is 4.79 Å². The van der Waals surface area contributed by atoms with E-state index in [0.29, 0.717) is 6.42 Å². The summed E-state index contributed by atoms with van der Waals surface area (Å²) in [6, 6.07) is 20.8. The molecule has 2 N–H and O–H groups in total. The summed E-state index contributed by atoms with van der Waals surface area (Å²) in [5, 5.41) is 9.34. The van der Waals surface area contributed by atoms with Gasteiger partial charge in [-0.2, -0.15) is 0 Å². The van der Waals surface area contributed by atoms with E-state index >= 15 is 0 Å². The van der Waals surface area contributed by atoms with Gasteiger partial charge in [-0.3, -0.25) is 4.79 Å². The van der Waals surface area contributed by atoms with E-state index in [0.717, 1.165) is 34.6 Å². The van der Waals surface area contributed by atoms with Crippen molar-refractivity contribution in [3.8, 4) is 0 Å². The highest BCUT2D eigenvalue weighted by Crippen LogP contribution is 2.44. The van der Waals surface area contributed by atoms with Crippen molar-refractivity contribution >= 4 is 40.3 Å². The maximum Gasteiger partial charge on any atom is 0.163 e. The Morgan fingerprint density at radius 3 is 2.48 bits per heavy atom. The quantitative estimate of drug-likeness (QED) is 0.480. The van der Waals surface area contributed by atoms with Gasteiger partial charge >= 0.3 is 0 Å². The molecule has 0 saturated carbocycles. The largest absolute Gasteiger partial charge is 0.372 e. The Hall–Kier alpha value is -2.50. The molecule has 29 heavy (non-hydrogen) atoms. The number of hydrogen-bond donors (Lipinski definition) is 2. The van der Waals surface area contributed by atoms with Crippen LogP contribution in [0.15, 0.2) is 82.2 Å². The maximum atomic E-state index is 13.4. The van der Waals surface area contributed by atoms with E-state index in [-0.39, 0.29) is 17.7 Å². The second-order valence-electron chi connectivity index (χ2n) is 7.46. The first-order chi connectivity index (χ1) is 14.2. The van der Waals surface area contributed by atoms with Crippen LogP contribution in [0.1, 0.15) is 35.2 Å². The fourth-order valence-electron chi connectivity index (χ4n) is 4.26. The van der Waals surface area contributed by atoms with Gasteiger partial charge in [0.1, 0.15) is 0 Å². The fraction of sp³-hybridized carbons (Fsp3) is 0.208. The third kappa shape index (κ3) is 3.49. The van der Waals surface area contributed by atoms with Crippen molar-refractivity contribution in [3.05, 3.63) is 87.8 Å². The van der Waals surface area contributed by atoms with Crippen molar-refractivity contribution in [1.29, 1.82) is 0 Å². The Bertz CT molecular complexity index is 1070. The minimum atomic E-state index is -0.145. The van der Waals surface area contributed by atoms with Crippen molar-refractivity contribution in [3.63, 3.8) is 0 Å². The predicted octanol–water partition coefficient (Wildman–Crippen LogP) is 6.45. The second kappa shape index (κ2) is 7.73. The molecule has 0 unspecified atom stereocenters. The Labute approximate surface area is 179 Å². The van der Waals surface area contributed by atoms with Crippen LogP contribution in [0.2, 0.25) is 0 Å². The first-order valence-corrected chi connectivity index (χ1v) is 11.9. The van der Waals surface area contributed by atoms with Gasteiger partial charge < -0.3 is 10.6 Å². The molecule has 1 aliphatic carbocycles. The topological polar surface area (TPSA) is 41.1 Å². The maximum absolute atomic E-state index is 13.4. The molecule has 2 aliphatic rings. The lowest BCUT2D eigenvalue weighted by molar-refractivity contribution is -0.116. The van der Waals surface area contributed by atoms with Crippen LogP contribution in [-0.2, 0) is 4.79 Å². The Balaban J connectivity index is 1.60. The minimum Gasteiger partial charge on any atom is -0.372 e. The molecule has 3 nitrogen and oxygen atoms in total. The van der Waals surface area contributed by atoms with Crippen LogP contribution in [-0.4, -0.2) is 12.0 Å². The molecule has 1 aliphatic heterocycles. The molecular weight excluding hydrogens is 396 g/mol. The number of rotatable bonds is 3. The summed E-state index contributed by atoms with van der Waals surface area (Å²) in [6.45, 7) is 0. The van der Waals surface area contributed by atoms with E-state index in [4.69, 9.17) is 0 Å². The predicted molar refractivity (Wildman–Crippen MR) is 123 cm³/mol. The number of hydrogen-bond acceptors (Lipinski definition) is 5. The molecule has 146 valence electrons. The second-order valence-corrected chi connectivity index (χ2v) is 9.32. The SMILES string of the molecule is CSc1ccc([C@H]2Nc3ccccc3NC3=C2C(=O)C[C@@H](c2cccs2)C3)cc1. The zero-order chi connectivity index (χ0) is 19.8. The van der Waals surface area contributed by atoms with Crippen molar-refractivity contribution in [2.24, 2.45) is 0 Å². The smallest absolute Gasteiger partial charge is 0.163 e. The highest BCUT2D eigenvalue weighted by atomic mass is 32.2. The number of para-hydroxylation sites is 2. The normalized spacial score (nSPS) is 20.9. The van der Waals surface area contributed by atoms with E-state index < -0.39 is 0 Å². The standard InChI is InChI=1S/C24H22N2OS2/c1-28-17-10-8-15(9-11-17)24-23-20(25-18-5-2-3-6-19(18)26-24)13-16(14-21(23)27)22-7-4-12-29-22/h2-12,16,24-26H,13-14H2,1H3/t16-,24+/m0/s1. The van der Waals surface area contributed by atoms with Gasteiger partial charge in [0, 0.05) is 33.4 Å². The molecule has 0 saturated heterocycles. The molecule has 0 bridgehead atoms. The number of carbonyl (C=O) groups excluding carboxylic acids is 1. The number of thiophene rings is 1. The number of fused-ring (bicyclic) bond motifs is 1. The van der Waals surface area contributed by atoms with Crippen LogP contribution in [0.3, 0.4) is 0 Å². The zero-order valence-electron chi connectivity index (χ0n) is 16.1. The summed E-state index contributed by atoms with van der Waals surface area (Å²) < 4.78 is 0. The van der Waals surface area contributed by atoms with Gasteiger partial charge in [0.05, 0.1) is 17.4 Å². The first kappa shape index (κ1) is 18.5. The average molecular weight is 419 g/mol. The molecule has 5 rings (SSSR count). The van der Waals surface area contributed by atoms with Gasteiger partial charge in [-0.05, 0) is 54.0 Å². The lowest BCUT2D eigenvalue weighted by atomic mass is 9.81. The number of anilines is 2. The molecule has 3 aromatic rings. The molecule has 0 radical (unpaired) electrons. The van der Waals surface area contributed by atoms with Crippen LogP contribution in [0.4, 0.5) is 11.4 Å². The summed E-state index contributed by atoms with van der Waals surface area (Å²) in [6.07, 6.45) is 3.50. The minimum absolute atomic E-state index is 0.145. The van der Waals surface area contributed by atoms with Crippen LogP contribution >= 0.6 is 23.1 Å². The Morgan fingerprint density at radius 2 is 1.76 bits per heavy atom. The lowest BCUT2D eigenvalue weighted by Crippen LogP contribution is -2.26. The van der Waals surface area contributed by atoms with E-state index in [2.05, 4.69) is 70.8 Å². The van der Waals surface area contributed by atoms with Crippen molar-refractivity contribution in [2.45, 2.75) is 29.7 Å². The lowest BCUT2D eigenvalue weighted by Gasteiger charge is -2.29. The monoisotopic (exact) mass is 418 g/mol. The molecule has 2 heterocycles. The molecule has 0 amide bonds. The summed E-state index contributed by atoms with van der Waals surface area (Å²) in [5.41, 5.74) is 5.11. The first-order valence-electron chi connectivity index (χ1n) is 9.79. The van der Waals surface area contributed by atoms with Gasteiger partial charge in [-0.15, -0.1) is 23.1 Å². The average Bonchev–Trinajstić information content (AvgIpc) is 3.23. The van der Waals surface area contributed by atoms with Crippen LogP contribution < -0.4 is 10.6 Å². The fourth-order valence-corrected chi connectivity index (χ4v) is 5.50. The van der Waals surface area contributed by atoms with Gasteiger partial charge in [0.2, 0.25) is 0 Å². The number of Topliss-reactive ketones (excluding diaryl/α,β-unsaturated/α-hetero) is 1. The molecule has 1 aromatic heterocycles. The number of thioether (sulfide) groups is 1. The van der Waals surface area contributed by atoms with Crippen molar-refractivity contribution in [1.82, 2.24) is 0 Å². The van der Waals surface area contributed by atoms with Gasteiger partial charge in [0.15, 0.2) is 5.78 Å². The summed E-state index contributed by atoms with van der Waals surface area (Å²) >= 11 is 3.47. The van der Waals surface area contributed by atoms with Crippen LogP contribution in [0, 0.1) is 0 Å². The number of allylic oxidation sites excluding steroid dienone is 1.